The molecule has 0 amide bonds. The van der Waals surface area contributed by atoms with Gasteiger partial charge in [-0.2, -0.15) is 0 Å². The van der Waals surface area contributed by atoms with Crippen LogP contribution < -0.4 is 5.73 Å². The summed E-state index contributed by atoms with van der Waals surface area (Å²) in [6.07, 6.45) is 1.45. The predicted molar refractivity (Wildman–Crippen MR) is 57.3 cm³/mol. The lowest BCUT2D eigenvalue weighted by Gasteiger charge is -2.21. The van der Waals surface area contributed by atoms with Crippen LogP contribution in [0.5, 0.6) is 0 Å². The number of ether oxygens (including phenoxy) is 1. The molecule has 0 heterocycles. The summed E-state index contributed by atoms with van der Waals surface area (Å²) < 4.78 is 18.3. The fourth-order valence-electron chi connectivity index (χ4n) is 2.10. The van der Waals surface area contributed by atoms with Crippen molar-refractivity contribution in [1.29, 1.82) is 0 Å². The molecule has 0 spiro atoms. The van der Waals surface area contributed by atoms with Crippen LogP contribution in [-0.4, -0.2) is 19.1 Å². The van der Waals surface area contributed by atoms with Gasteiger partial charge in [0, 0.05) is 5.41 Å². The SMILES string of the molecule is COC(=O)C(N)C1(c2ccccc2F)CC1. The van der Waals surface area contributed by atoms with E-state index < -0.39 is 17.4 Å². The van der Waals surface area contributed by atoms with Crippen LogP contribution in [0.15, 0.2) is 24.3 Å². The van der Waals surface area contributed by atoms with Gasteiger partial charge in [0.25, 0.3) is 0 Å². The molecule has 1 saturated carbocycles. The molecule has 1 atom stereocenters. The number of hydrogen-bond donors (Lipinski definition) is 1. The molecule has 1 aromatic carbocycles. The summed E-state index contributed by atoms with van der Waals surface area (Å²) in [5.74, 6) is -0.792. The van der Waals surface area contributed by atoms with Crippen LogP contribution >= 0.6 is 0 Å². The highest BCUT2D eigenvalue weighted by molar-refractivity contribution is 5.78. The Morgan fingerprint density at radius 1 is 1.50 bits per heavy atom. The van der Waals surface area contributed by atoms with Crippen LogP contribution in [-0.2, 0) is 14.9 Å². The summed E-state index contributed by atoms with van der Waals surface area (Å²) in [6, 6.07) is 5.67. The van der Waals surface area contributed by atoms with Crippen LogP contribution in [0.25, 0.3) is 0 Å². The number of benzene rings is 1. The van der Waals surface area contributed by atoms with E-state index in [0.29, 0.717) is 5.56 Å². The third-order valence-corrected chi connectivity index (χ3v) is 3.25. The summed E-state index contributed by atoms with van der Waals surface area (Å²) in [7, 11) is 1.29. The lowest BCUT2D eigenvalue weighted by Crippen LogP contribution is -2.43. The van der Waals surface area contributed by atoms with E-state index in [0.717, 1.165) is 12.8 Å². The lowest BCUT2D eigenvalue weighted by molar-refractivity contribution is -0.143. The predicted octanol–water partition coefficient (Wildman–Crippen LogP) is 1.36. The molecule has 0 aliphatic heterocycles. The lowest BCUT2D eigenvalue weighted by atomic mass is 9.88. The van der Waals surface area contributed by atoms with Crippen molar-refractivity contribution < 1.29 is 13.9 Å². The van der Waals surface area contributed by atoms with Crippen molar-refractivity contribution in [3.63, 3.8) is 0 Å². The molecule has 1 unspecified atom stereocenters. The van der Waals surface area contributed by atoms with Gasteiger partial charge in [-0.1, -0.05) is 18.2 Å². The van der Waals surface area contributed by atoms with Gasteiger partial charge >= 0.3 is 5.97 Å². The Morgan fingerprint density at radius 3 is 2.62 bits per heavy atom. The quantitative estimate of drug-likeness (QED) is 0.787. The summed E-state index contributed by atoms with van der Waals surface area (Å²) in [5, 5.41) is 0. The highest BCUT2D eigenvalue weighted by Crippen LogP contribution is 2.51. The fraction of sp³-hybridized carbons (Fsp3) is 0.417. The number of carbonyl (C=O) groups is 1. The zero-order valence-corrected chi connectivity index (χ0v) is 9.07. The summed E-state index contributed by atoms with van der Waals surface area (Å²) in [4.78, 5) is 11.4. The van der Waals surface area contributed by atoms with Gasteiger partial charge in [0.05, 0.1) is 7.11 Å². The van der Waals surface area contributed by atoms with E-state index in [1.54, 1.807) is 18.2 Å². The van der Waals surface area contributed by atoms with E-state index in [2.05, 4.69) is 4.74 Å². The Balaban J connectivity index is 2.33. The average molecular weight is 223 g/mol. The van der Waals surface area contributed by atoms with Gasteiger partial charge in [0.2, 0.25) is 0 Å². The highest BCUT2D eigenvalue weighted by atomic mass is 19.1. The van der Waals surface area contributed by atoms with Crippen molar-refractivity contribution in [3.8, 4) is 0 Å². The van der Waals surface area contributed by atoms with Crippen LogP contribution in [0, 0.1) is 5.82 Å². The maximum atomic E-state index is 13.6. The number of rotatable bonds is 3. The average Bonchev–Trinajstić information content (AvgIpc) is 3.09. The van der Waals surface area contributed by atoms with E-state index in [4.69, 9.17) is 5.73 Å². The third-order valence-electron chi connectivity index (χ3n) is 3.25. The Hall–Kier alpha value is -1.42. The molecule has 86 valence electrons. The standard InChI is InChI=1S/C12H14FNO2/c1-16-11(15)10(14)12(6-7-12)8-4-2-3-5-9(8)13/h2-5,10H,6-7,14H2,1H3. The monoisotopic (exact) mass is 223 g/mol. The van der Waals surface area contributed by atoms with Crippen molar-refractivity contribution in [1.82, 2.24) is 0 Å². The van der Waals surface area contributed by atoms with E-state index in [1.165, 1.54) is 13.2 Å². The first kappa shape index (κ1) is 11.1. The minimum absolute atomic E-state index is 0.306. The number of esters is 1. The molecule has 1 fully saturated rings. The minimum atomic E-state index is -0.783. The van der Waals surface area contributed by atoms with Crippen molar-refractivity contribution in [2.24, 2.45) is 5.73 Å². The number of carbonyl (C=O) groups excluding carboxylic acids is 1. The number of methoxy groups -OCH3 is 1. The van der Waals surface area contributed by atoms with Crippen molar-refractivity contribution >= 4 is 5.97 Å². The van der Waals surface area contributed by atoms with E-state index in [1.807, 2.05) is 0 Å². The van der Waals surface area contributed by atoms with E-state index in [9.17, 15) is 9.18 Å². The third kappa shape index (κ3) is 1.59. The number of halogens is 1. The first-order valence-electron chi connectivity index (χ1n) is 5.20. The Labute approximate surface area is 93.4 Å². The van der Waals surface area contributed by atoms with Crippen molar-refractivity contribution in [3.05, 3.63) is 35.6 Å². The maximum absolute atomic E-state index is 13.6. The Morgan fingerprint density at radius 2 is 2.12 bits per heavy atom. The van der Waals surface area contributed by atoms with Crippen LogP contribution in [0.2, 0.25) is 0 Å². The van der Waals surface area contributed by atoms with Crippen molar-refractivity contribution in [2.45, 2.75) is 24.3 Å². The largest absolute Gasteiger partial charge is 0.468 e. The second-order valence-electron chi connectivity index (χ2n) is 4.14. The molecule has 1 aromatic rings. The molecule has 16 heavy (non-hydrogen) atoms. The second-order valence-corrected chi connectivity index (χ2v) is 4.14. The summed E-state index contributed by atoms with van der Waals surface area (Å²) >= 11 is 0. The van der Waals surface area contributed by atoms with Crippen LogP contribution in [0.1, 0.15) is 18.4 Å². The normalized spacial score (nSPS) is 18.9. The fourth-order valence-corrected chi connectivity index (χ4v) is 2.10. The minimum Gasteiger partial charge on any atom is -0.468 e. The van der Waals surface area contributed by atoms with Gasteiger partial charge in [-0.05, 0) is 24.5 Å². The molecular weight excluding hydrogens is 209 g/mol. The van der Waals surface area contributed by atoms with Gasteiger partial charge in [-0.25, -0.2) is 4.39 Å². The first-order valence-corrected chi connectivity index (χ1v) is 5.20. The zero-order chi connectivity index (χ0) is 11.8. The van der Waals surface area contributed by atoms with Crippen LogP contribution in [0.4, 0.5) is 4.39 Å². The molecule has 2 rings (SSSR count). The Kier molecular flexibility index (Phi) is 2.68. The van der Waals surface area contributed by atoms with Crippen molar-refractivity contribution in [2.75, 3.05) is 7.11 Å². The van der Waals surface area contributed by atoms with Gasteiger partial charge in [-0.3, -0.25) is 4.79 Å². The maximum Gasteiger partial charge on any atom is 0.323 e. The van der Waals surface area contributed by atoms with Gasteiger partial charge in [0.15, 0.2) is 0 Å². The topological polar surface area (TPSA) is 52.3 Å². The molecule has 0 radical (unpaired) electrons. The number of nitrogens with two attached hydrogens (primary N) is 1. The van der Waals surface area contributed by atoms with Gasteiger partial charge < -0.3 is 10.5 Å². The highest BCUT2D eigenvalue weighted by Gasteiger charge is 2.53. The molecule has 0 bridgehead atoms. The molecular formula is C12H14FNO2. The smallest absolute Gasteiger partial charge is 0.323 e. The summed E-state index contributed by atoms with van der Waals surface area (Å²) in [6.45, 7) is 0. The Bertz CT molecular complexity index is 415. The molecule has 4 heteroatoms. The molecule has 0 saturated heterocycles. The molecule has 1 aliphatic carbocycles. The van der Waals surface area contributed by atoms with E-state index in [-0.39, 0.29) is 5.82 Å². The molecule has 0 aromatic heterocycles. The second kappa shape index (κ2) is 3.87. The molecule has 3 nitrogen and oxygen atoms in total. The van der Waals surface area contributed by atoms with Crippen LogP contribution in [0.3, 0.4) is 0 Å². The van der Waals surface area contributed by atoms with Gasteiger partial charge in [0.1, 0.15) is 11.9 Å². The molecule has 2 N–H and O–H groups in total. The first-order chi connectivity index (χ1) is 7.62. The van der Waals surface area contributed by atoms with Gasteiger partial charge in [-0.15, -0.1) is 0 Å². The summed E-state index contributed by atoms with van der Waals surface area (Å²) in [5.41, 5.74) is 5.79. The van der Waals surface area contributed by atoms with E-state index >= 15 is 0 Å². The zero-order valence-electron chi connectivity index (χ0n) is 9.07. The number of hydrogen-bond acceptors (Lipinski definition) is 3. The molecule has 1 aliphatic rings.